The molecular formula is C19H25N5O2. The second-order valence-corrected chi connectivity index (χ2v) is 7.15. The van der Waals surface area contributed by atoms with Crippen LogP contribution in [0.25, 0.3) is 11.4 Å². The third kappa shape index (κ3) is 3.64. The van der Waals surface area contributed by atoms with Crippen LogP contribution in [0.15, 0.2) is 24.3 Å². The summed E-state index contributed by atoms with van der Waals surface area (Å²) in [6, 6.07) is 7.71. The monoisotopic (exact) mass is 355 g/mol. The minimum absolute atomic E-state index is 0.00320. The van der Waals surface area contributed by atoms with Gasteiger partial charge in [0.2, 0.25) is 0 Å². The van der Waals surface area contributed by atoms with E-state index in [1.54, 1.807) is 4.90 Å². The number of H-pyrrole nitrogens is 1. The summed E-state index contributed by atoms with van der Waals surface area (Å²) >= 11 is 0. The fourth-order valence-corrected chi connectivity index (χ4v) is 3.69. The number of hydrogen-bond acceptors (Lipinski definition) is 5. The van der Waals surface area contributed by atoms with Crippen molar-refractivity contribution in [2.75, 3.05) is 19.6 Å². The van der Waals surface area contributed by atoms with Crippen molar-refractivity contribution in [1.82, 2.24) is 25.4 Å². The molecule has 0 radical (unpaired) electrons. The highest BCUT2D eigenvalue weighted by Gasteiger charge is 2.23. The number of nitrogens with one attached hydrogen (secondary N) is 2. The van der Waals surface area contributed by atoms with Crippen LogP contribution in [0.1, 0.15) is 54.3 Å². The van der Waals surface area contributed by atoms with E-state index < -0.39 is 0 Å². The maximum atomic E-state index is 12.7. The molecule has 2 saturated heterocycles. The minimum atomic E-state index is -0.287. The molecule has 0 saturated carbocycles. The Morgan fingerprint density at radius 3 is 2.81 bits per heavy atom. The van der Waals surface area contributed by atoms with Crippen LogP contribution in [0.2, 0.25) is 0 Å². The Labute approximate surface area is 152 Å². The zero-order valence-electron chi connectivity index (χ0n) is 14.8. The minimum Gasteiger partial charge on any atom is -0.393 e. The molecule has 1 aromatic heterocycles. The first-order valence-corrected chi connectivity index (χ1v) is 9.44. The Balaban J connectivity index is 1.50. The lowest BCUT2D eigenvalue weighted by Crippen LogP contribution is -2.40. The van der Waals surface area contributed by atoms with Gasteiger partial charge < -0.3 is 15.3 Å². The number of aliphatic hydroxyl groups excluding tert-OH is 1. The van der Waals surface area contributed by atoms with E-state index in [1.807, 2.05) is 24.3 Å². The highest BCUT2D eigenvalue weighted by molar-refractivity contribution is 5.95. The van der Waals surface area contributed by atoms with Gasteiger partial charge in [-0.3, -0.25) is 9.89 Å². The van der Waals surface area contributed by atoms with Gasteiger partial charge in [-0.2, -0.15) is 5.10 Å². The van der Waals surface area contributed by atoms with Crippen molar-refractivity contribution in [3.63, 3.8) is 0 Å². The van der Waals surface area contributed by atoms with Crippen molar-refractivity contribution in [3.8, 4) is 11.4 Å². The van der Waals surface area contributed by atoms with Crippen molar-refractivity contribution in [1.29, 1.82) is 0 Å². The van der Waals surface area contributed by atoms with Gasteiger partial charge in [0.05, 0.1) is 12.1 Å². The van der Waals surface area contributed by atoms with Crippen molar-refractivity contribution in [2.45, 2.75) is 44.2 Å². The summed E-state index contributed by atoms with van der Waals surface area (Å²) in [6.45, 7) is 2.21. The van der Waals surface area contributed by atoms with Crippen LogP contribution < -0.4 is 5.32 Å². The third-order valence-electron chi connectivity index (χ3n) is 5.26. The number of rotatable bonds is 3. The van der Waals surface area contributed by atoms with Crippen molar-refractivity contribution >= 4 is 5.91 Å². The number of carbonyl (C=O) groups excluding carboxylic acids is 1. The first-order valence-electron chi connectivity index (χ1n) is 9.44. The van der Waals surface area contributed by atoms with Gasteiger partial charge >= 0.3 is 0 Å². The number of hydrogen-bond donors (Lipinski definition) is 3. The largest absolute Gasteiger partial charge is 0.393 e. The number of aromatic nitrogens is 3. The molecule has 2 aliphatic heterocycles. The van der Waals surface area contributed by atoms with E-state index in [0.29, 0.717) is 37.3 Å². The molecule has 1 aromatic carbocycles. The van der Waals surface area contributed by atoms with E-state index in [4.69, 9.17) is 0 Å². The smallest absolute Gasteiger partial charge is 0.253 e. The summed E-state index contributed by atoms with van der Waals surface area (Å²) in [5.41, 5.74) is 1.48. The number of aliphatic hydroxyl groups is 1. The molecule has 7 nitrogen and oxygen atoms in total. The fourth-order valence-electron chi connectivity index (χ4n) is 3.69. The van der Waals surface area contributed by atoms with Crippen LogP contribution in [0.3, 0.4) is 0 Å². The van der Waals surface area contributed by atoms with Crippen molar-refractivity contribution in [2.24, 2.45) is 0 Å². The van der Waals surface area contributed by atoms with Gasteiger partial charge in [-0.1, -0.05) is 18.6 Å². The topological polar surface area (TPSA) is 94.1 Å². The summed E-state index contributed by atoms with van der Waals surface area (Å²) in [4.78, 5) is 19.2. The zero-order valence-corrected chi connectivity index (χ0v) is 14.8. The average Bonchev–Trinajstić information content (AvgIpc) is 3.19. The van der Waals surface area contributed by atoms with E-state index in [-0.39, 0.29) is 18.1 Å². The van der Waals surface area contributed by atoms with Crippen LogP contribution in [-0.4, -0.2) is 56.8 Å². The van der Waals surface area contributed by atoms with Crippen LogP contribution in [0.5, 0.6) is 0 Å². The Hall–Kier alpha value is -2.25. The first-order chi connectivity index (χ1) is 12.7. The van der Waals surface area contributed by atoms with Gasteiger partial charge in [-0.15, -0.1) is 0 Å². The van der Waals surface area contributed by atoms with Crippen LogP contribution in [0, 0.1) is 0 Å². The van der Waals surface area contributed by atoms with Gasteiger partial charge in [-0.25, -0.2) is 4.98 Å². The molecule has 0 bridgehead atoms. The lowest BCUT2D eigenvalue weighted by molar-refractivity contribution is 0.0546. The standard InChI is InChI=1S/C19H25N5O2/c25-15-7-10-24(11-8-15)19(26)14-5-3-4-13(12-14)17-21-18(23-22-17)16-6-1-2-9-20-16/h3-5,12,15-16,20,25H,1-2,6-11H2,(H,21,22,23)/t16-/m1/s1. The number of piperidine rings is 2. The summed E-state index contributed by atoms with van der Waals surface area (Å²) in [6.07, 6.45) is 4.46. The van der Waals surface area contributed by atoms with Gasteiger partial charge in [-0.05, 0) is 44.4 Å². The number of likely N-dealkylation sites (tertiary alicyclic amines) is 1. The van der Waals surface area contributed by atoms with Crippen LogP contribution >= 0.6 is 0 Å². The number of carbonyl (C=O) groups is 1. The van der Waals surface area contributed by atoms with Gasteiger partial charge in [0, 0.05) is 24.2 Å². The maximum absolute atomic E-state index is 12.7. The summed E-state index contributed by atoms with van der Waals surface area (Å²) in [5.74, 6) is 1.49. The maximum Gasteiger partial charge on any atom is 0.253 e. The molecule has 2 aliphatic rings. The SMILES string of the molecule is O=C(c1cccc(-c2n[nH]c([C@H]3CCCCN3)n2)c1)N1CCC(O)CC1. The lowest BCUT2D eigenvalue weighted by Gasteiger charge is -2.29. The lowest BCUT2D eigenvalue weighted by atomic mass is 10.0. The molecule has 3 N–H and O–H groups in total. The number of nitrogens with zero attached hydrogens (tertiary/aromatic N) is 3. The summed E-state index contributed by atoms with van der Waals surface area (Å²) in [5, 5.41) is 20.5. The van der Waals surface area contributed by atoms with Crippen LogP contribution in [0.4, 0.5) is 0 Å². The number of benzene rings is 1. The molecule has 1 amide bonds. The zero-order chi connectivity index (χ0) is 17.9. The van der Waals surface area contributed by atoms with Crippen LogP contribution in [-0.2, 0) is 0 Å². The Morgan fingerprint density at radius 1 is 1.19 bits per heavy atom. The van der Waals surface area contributed by atoms with E-state index in [1.165, 1.54) is 12.8 Å². The Morgan fingerprint density at radius 2 is 2.04 bits per heavy atom. The van der Waals surface area contributed by atoms with E-state index in [9.17, 15) is 9.90 Å². The summed E-state index contributed by atoms with van der Waals surface area (Å²) in [7, 11) is 0. The second-order valence-electron chi connectivity index (χ2n) is 7.15. The molecule has 0 spiro atoms. The normalized spacial score (nSPS) is 21.7. The predicted molar refractivity (Wildman–Crippen MR) is 97.6 cm³/mol. The second kappa shape index (κ2) is 7.55. The number of aromatic amines is 1. The fraction of sp³-hybridized carbons (Fsp3) is 0.526. The van der Waals surface area contributed by atoms with E-state index >= 15 is 0 Å². The number of amides is 1. The molecule has 2 aromatic rings. The highest BCUT2D eigenvalue weighted by Crippen LogP contribution is 2.23. The first kappa shape index (κ1) is 17.2. The Kier molecular flexibility index (Phi) is 4.99. The molecule has 0 aliphatic carbocycles. The quantitative estimate of drug-likeness (QED) is 0.782. The van der Waals surface area contributed by atoms with Crippen molar-refractivity contribution in [3.05, 3.63) is 35.7 Å². The van der Waals surface area contributed by atoms with Crippen molar-refractivity contribution < 1.29 is 9.90 Å². The molecule has 0 unspecified atom stereocenters. The molecule has 3 heterocycles. The highest BCUT2D eigenvalue weighted by atomic mass is 16.3. The van der Waals surface area contributed by atoms with Gasteiger partial charge in [0.25, 0.3) is 5.91 Å². The van der Waals surface area contributed by atoms with Gasteiger partial charge in [0.15, 0.2) is 5.82 Å². The van der Waals surface area contributed by atoms with Gasteiger partial charge in [0.1, 0.15) is 5.82 Å². The third-order valence-corrected chi connectivity index (χ3v) is 5.26. The molecule has 26 heavy (non-hydrogen) atoms. The van der Waals surface area contributed by atoms with E-state index in [0.717, 1.165) is 24.4 Å². The van der Waals surface area contributed by atoms with E-state index in [2.05, 4.69) is 20.5 Å². The Bertz CT molecular complexity index is 761. The average molecular weight is 355 g/mol. The molecule has 4 rings (SSSR count). The predicted octanol–water partition coefficient (Wildman–Crippen LogP) is 1.88. The molecule has 7 heteroatoms. The molecule has 138 valence electrons. The molecule has 2 fully saturated rings. The molecule has 1 atom stereocenters. The summed E-state index contributed by atoms with van der Waals surface area (Å²) < 4.78 is 0. The molecular weight excluding hydrogens is 330 g/mol.